The van der Waals surface area contributed by atoms with Gasteiger partial charge in [0.25, 0.3) is 0 Å². The van der Waals surface area contributed by atoms with Crippen LogP contribution in [0.4, 0.5) is 0 Å². The number of hydrogen-bond donors (Lipinski definition) is 1. The summed E-state index contributed by atoms with van der Waals surface area (Å²) in [6.07, 6.45) is 3.37. The lowest BCUT2D eigenvalue weighted by atomic mass is 9.81. The maximum Gasteiger partial charge on any atom is 0.140 e. The monoisotopic (exact) mass is 362 g/mol. The standard InChI is InChI=1S/C16H20N2O.3C2H6.CH4/c1-11-8-9-14(16(11,2)3)18-13-7-5-4-6-12(13)17-15(18)10-19;3*1-2;/h4-7,9,11,19H,8,10H2,1-3H3;3*1-2H3;1H4. The van der Waals surface area contributed by atoms with Gasteiger partial charge in [0.05, 0.1) is 11.0 Å². The normalized spacial score (nSPS) is 16.7. The molecule has 0 radical (unpaired) electrons. The Morgan fingerprint density at radius 3 is 2.08 bits per heavy atom. The predicted octanol–water partition coefficient (Wildman–Crippen LogP) is 7.15. The van der Waals surface area contributed by atoms with Gasteiger partial charge < -0.3 is 5.11 Å². The van der Waals surface area contributed by atoms with Crippen molar-refractivity contribution in [2.45, 2.75) is 82.8 Å². The van der Waals surface area contributed by atoms with Crippen LogP contribution in [0, 0.1) is 11.3 Å². The molecule has 150 valence electrons. The zero-order valence-corrected chi connectivity index (χ0v) is 17.7. The number of hydrogen-bond acceptors (Lipinski definition) is 2. The number of aliphatic hydroxyl groups is 1. The second-order valence-electron chi connectivity index (χ2n) is 5.96. The molecule has 3 heteroatoms. The number of allylic oxidation sites excluding steroid dienone is 2. The molecule has 3 nitrogen and oxygen atoms in total. The summed E-state index contributed by atoms with van der Waals surface area (Å²) in [7, 11) is 0. The molecule has 1 aromatic heterocycles. The number of benzene rings is 1. The number of nitrogens with zero attached hydrogens (tertiary/aromatic N) is 2. The van der Waals surface area contributed by atoms with Crippen LogP contribution in [0.25, 0.3) is 16.7 Å². The van der Waals surface area contributed by atoms with Gasteiger partial charge in [-0.2, -0.15) is 0 Å². The lowest BCUT2D eigenvalue weighted by Crippen LogP contribution is -2.22. The first-order valence-electron chi connectivity index (χ1n) is 9.84. The molecule has 1 atom stereocenters. The average Bonchev–Trinajstić information content (AvgIpc) is 3.17. The molecule has 1 aliphatic rings. The maximum atomic E-state index is 9.61. The highest BCUT2D eigenvalue weighted by molar-refractivity contribution is 5.81. The summed E-state index contributed by atoms with van der Waals surface area (Å²) < 4.78 is 2.14. The molecule has 1 aliphatic carbocycles. The van der Waals surface area contributed by atoms with Crippen molar-refractivity contribution in [1.29, 1.82) is 0 Å². The predicted molar refractivity (Wildman–Crippen MR) is 118 cm³/mol. The molecule has 0 saturated heterocycles. The summed E-state index contributed by atoms with van der Waals surface area (Å²) in [5.41, 5.74) is 3.40. The van der Waals surface area contributed by atoms with E-state index in [1.165, 1.54) is 5.70 Å². The van der Waals surface area contributed by atoms with Crippen LogP contribution < -0.4 is 0 Å². The Balaban J connectivity index is 0. The van der Waals surface area contributed by atoms with Gasteiger partial charge in [0.15, 0.2) is 0 Å². The van der Waals surface area contributed by atoms with E-state index in [1.54, 1.807) is 0 Å². The molecule has 2 aromatic rings. The molecule has 3 rings (SSSR count). The van der Waals surface area contributed by atoms with Crippen LogP contribution >= 0.6 is 0 Å². The summed E-state index contributed by atoms with van der Waals surface area (Å²) in [6, 6.07) is 8.07. The number of fused-ring (bicyclic) bond motifs is 1. The zero-order valence-electron chi connectivity index (χ0n) is 17.7. The minimum absolute atomic E-state index is 0. The van der Waals surface area contributed by atoms with Gasteiger partial charge in [-0.15, -0.1) is 0 Å². The first-order chi connectivity index (χ1) is 12.1. The molecule has 0 bridgehead atoms. The smallest absolute Gasteiger partial charge is 0.140 e. The number of aliphatic hydroxyl groups excluding tert-OH is 1. The summed E-state index contributed by atoms with van der Waals surface area (Å²) in [5, 5.41) is 9.61. The molecule has 1 unspecified atom stereocenters. The third kappa shape index (κ3) is 5.20. The molecule has 0 amide bonds. The van der Waals surface area contributed by atoms with Crippen LogP contribution in [0.5, 0.6) is 0 Å². The van der Waals surface area contributed by atoms with Gasteiger partial charge in [-0.1, -0.05) is 87.9 Å². The summed E-state index contributed by atoms with van der Waals surface area (Å²) >= 11 is 0. The lowest BCUT2D eigenvalue weighted by molar-refractivity contribution is 0.267. The first-order valence-corrected chi connectivity index (χ1v) is 9.84. The van der Waals surface area contributed by atoms with E-state index in [0.29, 0.717) is 5.92 Å². The van der Waals surface area contributed by atoms with Crippen molar-refractivity contribution in [3.63, 3.8) is 0 Å². The molecule has 1 aromatic carbocycles. The van der Waals surface area contributed by atoms with Crippen molar-refractivity contribution in [2.24, 2.45) is 11.3 Å². The van der Waals surface area contributed by atoms with Gasteiger partial charge in [-0.25, -0.2) is 4.98 Å². The third-order valence-electron chi connectivity index (χ3n) is 4.57. The summed E-state index contributed by atoms with van der Waals surface area (Å²) in [6.45, 7) is 18.8. The van der Waals surface area contributed by atoms with Crippen molar-refractivity contribution >= 4 is 16.7 Å². The van der Waals surface area contributed by atoms with Crippen LogP contribution in [-0.4, -0.2) is 14.7 Å². The van der Waals surface area contributed by atoms with Gasteiger partial charge in [0, 0.05) is 11.1 Å². The number of imidazole rings is 1. The lowest BCUT2D eigenvalue weighted by Gasteiger charge is -2.29. The summed E-state index contributed by atoms with van der Waals surface area (Å²) in [5.74, 6) is 1.34. The number of rotatable bonds is 2. The third-order valence-corrected chi connectivity index (χ3v) is 4.57. The second-order valence-corrected chi connectivity index (χ2v) is 5.96. The Morgan fingerprint density at radius 2 is 1.62 bits per heavy atom. The Hall–Kier alpha value is -1.61. The highest BCUT2D eigenvalue weighted by Gasteiger charge is 2.36. The van der Waals surface area contributed by atoms with Gasteiger partial charge in [0.1, 0.15) is 12.4 Å². The fourth-order valence-electron chi connectivity index (χ4n) is 2.93. The van der Waals surface area contributed by atoms with E-state index < -0.39 is 0 Å². The van der Waals surface area contributed by atoms with Crippen LogP contribution in [0.15, 0.2) is 30.3 Å². The van der Waals surface area contributed by atoms with E-state index in [2.05, 4.69) is 42.5 Å². The fourth-order valence-corrected chi connectivity index (χ4v) is 2.93. The molecule has 1 N–H and O–H groups in total. The minimum Gasteiger partial charge on any atom is -0.388 e. The van der Waals surface area contributed by atoms with Crippen molar-refractivity contribution in [2.75, 3.05) is 0 Å². The van der Waals surface area contributed by atoms with E-state index in [0.717, 1.165) is 23.3 Å². The first kappa shape index (κ1) is 26.6. The van der Waals surface area contributed by atoms with Gasteiger partial charge >= 0.3 is 0 Å². The minimum atomic E-state index is -0.0313. The SMILES string of the molecule is C.CC.CC.CC.CC1CC=C(n2c(CO)nc3ccccc32)C1(C)C. The highest BCUT2D eigenvalue weighted by atomic mass is 16.3. The van der Waals surface area contributed by atoms with Crippen LogP contribution in [0.1, 0.15) is 82.0 Å². The average molecular weight is 363 g/mol. The second kappa shape index (κ2) is 12.7. The van der Waals surface area contributed by atoms with E-state index in [-0.39, 0.29) is 19.4 Å². The van der Waals surface area contributed by atoms with Crippen LogP contribution in [-0.2, 0) is 6.61 Å². The molecule has 26 heavy (non-hydrogen) atoms. The van der Waals surface area contributed by atoms with Crippen molar-refractivity contribution < 1.29 is 5.11 Å². The van der Waals surface area contributed by atoms with Gasteiger partial charge in [0.2, 0.25) is 0 Å². The van der Waals surface area contributed by atoms with Crippen LogP contribution in [0.2, 0.25) is 0 Å². The van der Waals surface area contributed by atoms with Crippen molar-refractivity contribution in [3.8, 4) is 0 Å². The molecule has 0 saturated carbocycles. The van der Waals surface area contributed by atoms with Gasteiger partial charge in [-0.3, -0.25) is 4.57 Å². The van der Waals surface area contributed by atoms with Gasteiger partial charge in [-0.05, 0) is 24.5 Å². The Morgan fingerprint density at radius 1 is 1.08 bits per heavy atom. The molecular weight excluding hydrogens is 320 g/mol. The molecular formula is C23H42N2O. The molecule has 0 fully saturated rings. The molecule has 1 heterocycles. The van der Waals surface area contributed by atoms with E-state index >= 15 is 0 Å². The Labute approximate surface area is 162 Å². The van der Waals surface area contributed by atoms with E-state index in [4.69, 9.17) is 0 Å². The van der Waals surface area contributed by atoms with E-state index in [1.807, 2.05) is 59.7 Å². The Kier molecular flexibility index (Phi) is 13.0. The van der Waals surface area contributed by atoms with E-state index in [9.17, 15) is 5.11 Å². The van der Waals surface area contributed by atoms with Crippen molar-refractivity contribution in [3.05, 3.63) is 36.2 Å². The van der Waals surface area contributed by atoms with Crippen molar-refractivity contribution in [1.82, 2.24) is 9.55 Å². The quantitative estimate of drug-likeness (QED) is 0.616. The maximum absolute atomic E-state index is 9.61. The number of para-hydroxylation sites is 2. The molecule has 0 spiro atoms. The molecule has 0 aliphatic heterocycles. The van der Waals surface area contributed by atoms with Crippen LogP contribution in [0.3, 0.4) is 0 Å². The Bertz CT molecular complexity index is 653. The number of aromatic nitrogens is 2. The summed E-state index contributed by atoms with van der Waals surface area (Å²) in [4.78, 5) is 4.54. The zero-order chi connectivity index (χ0) is 19.6. The fraction of sp³-hybridized carbons (Fsp3) is 0.609. The highest BCUT2D eigenvalue weighted by Crippen LogP contribution is 2.46. The largest absolute Gasteiger partial charge is 0.388 e. The topological polar surface area (TPSA) is 38.0 Å².